The van der Waals surface area contributed by atoms with E-state index in [0.29, 0.717) is 24.0 Å². The monoisotopic (exact) mass is 318 g/mol. The molecule has 1 saturated heterocycles. The molecule has 2 aliphatic rings. The SMILES string of the molecule is Cc1nn(C(C)C)c(C)c1NC(=O)N1[C@H](C)C[C@@H]2CCCC[C@H]21. The predicted octanol–water partition coefficient (Wildman–Crippen LogP) is 4.27. The van der Waals surface area contributed by atoms with Gasteiger partial charge in [0.1, 0.15) is 0 Å². The Morgan fingerprint density at radius 2 is 1.96 bits per heavy atom. The van der Waals surface area contributed by atoms with Gasteiger partial charge in [0.2, 0.25) is 0 Å². The summed E-state index contributed by atoms with van der Waals surface area (Å²) in [6.07, 6.45) is 6.17. The summed E-state index contributed by atoms with van der Waals surface area (Å²) in [5, 5.41) is 7.74. The smallest absolute Gasteiger partial charge is 0.319 e. The molecule has 23 heavy (non-hydrogen) atoms. The molecule has 0 bridgehead atoms. The lowest BCUT2D eigenvalue weighted by molar-refractivity contribution is 0.168. The Morgan fingerprint density at radius 3 is 2.61 bits per heavy atom. The summed E-state index contributed by atoms with van der Waals surface area (Å²) in [4.78, 5) is 15.0. The second-order valence-corrected chi connectivity index (χ2v) is 7.62. The van der Waals surface area contributed by atoms with Gasteiger partial charge in [0.15, 0.2) is 0 Å². The number of anilines is 1. The zero-order valence-electron chi connectivity index (χ0n) is 15.1. The molecule has 1 aliphatic heterocycles. The van der Waals surface area contributed by atoms with Gasteiger partial charge >= 0.3 is 6.03 Å². The van der Waals surface area contributed by atoms with Crippen LogP contribution in [0, 0.1) is 19.8 Å². The molecule has 5 nitrogen and oxygen atoms in total. The van der Waals surface area contributed by atoms with Crippen molar-refractivity contribution in [2.24, 2.45) is 5.92 Å². The van der Waals surface area contributed by atoms with Gasteiger partial charge in [0.25, 0.3) is 0 Å². The third-order valence-corrected chi connectivity index (χ3v) is 5.63. The average molecular weight is 318 g/mol. The molecule has 3 atom stereocenters. The minimum Gasteiger partial charge on any atom is -0.319 e. The molecule has 0 spiro atoms. The molecule has 2 fully saturated rings. The number of nitrogens with one attached hydrogen (secondary N) is 1. The van der Waals surface area contributed by atoms with Gasteiger partial charge in [0.05, 0.1) is 17.1 Å². The number of rotatable bonds is 2. The van der Waals surface area contributed by atoms with Gasteiger partial charge in [0, 0.05) is 18.1 Å². The van der Waals surface area contributed by atoms with E-state index < -0.39 is 0 Å². The molecule has 1 aromatic heterocycles. The van der Waals surface area contributed by atoms with Crippen molar-refractivity contribution in [1.82, 2.24) is 14.7 Å². The molecular weight excluding hydrogens is 288 g/mol. The van der Waals surface area contributed by atoms with Gasteiger partial charge in [-0.3, -0.25) is 4.68 Å². The first kappa shape index (κ1) is 16.3. The Labute approximate surface area is 139 Å². The number of urea groups is 1. The van der Waals surface area contributed by atoms with Crippen molar-refractivity contribution < 1.29 is 4.79 Å². The van der Waals surface area contributed by atoms with Crippen LogP contribution in [0.2, 0.25) is 0 Å². The number of nitrogens with zero attached hydrogens (tertiary/aromatic N) is 3. The van der Waals surface area contributed by atoms with E-state index in [4.69, 9.17) is 0 Å². The van der Waals surface area contributed by atoms with E-state index in [0.717, 1.165) is 29.9 Å². The van der Waals surface area contributed by atoms with Gasteiger partial charge in [-0.1, -0.05) is 12.8 Å². The van der Waals surface area contributed by atoms with Crippen LogP contribution >= 0.6 is 0 Å². The van der Waals surface area contributed by atoms with E-state index in [1.54, 1.807) is 0 Å². The topological polar surface area (TPSA) is 50.2 Å². The molecule has 1 N–H and O–H groups in total. The predicted molar refractivity (Wildman–Crippen MR) is 92.8 cm³/mol. The van der Waals surface area contributed by atoms with Crippen molar-refractivity contribution in [1.29, 1.82) is 0 Å². The summed E-state index contributed by atoms with van der Waals surface area (Å²) in [7, 11) is 0. The van der Waals surface area contributed by atoms with E-state index in [9.17, 15) is 4.79 Å². The molecule has 1 aromatic rings. The van der Waals surface area contributed by atoms with E-state index in [-0.39, 0.29) is 6.03 Å². The molecule has 2 amide bonds. The number of likely N-dealkylation sites (tertiary alicyclic amines) is 1. The van der Waals surface area contributed by atoms with E-state index in [1.165, 1.54) is 19.3 Å². The lowest BCUT2D eigenvalue weighted by Gasteiger charge is -2.33. The Hall–Kier alpha value is -1.52. The summed E-state index contributed by atoms with van der Waals surface area (Å²) >= 11 is 0. The number of carbonyl (C=O) groups is 1. The first-order chi connectivity index (χ1) is 10.9. The highest BCUT2D eigenvalue weighted by Gasteiger charge is 2.42. The normalized spacial score (nSPS) is 27.4. The maximum absolute atomic E-state index is 12.9. The van der Waals surface area contributed by atoms with Gasteiger partial charge in [-0.15, -0.1) is 0 Å². The van der Waals surface area contributed by atoms with E-state index >= 15 is 0 Å². The van der Waals surface area contributed by atoms with Crippen LogP contribution in [0.5, 0.6) is 0 Å². The quantitative estimate of drug-likeness (QED) is 0.885. The number of aryl methyl sites for hydroxylation is 1. The third kappa shape index (κ3) is 2.86. The summed E-state index contributed by atoms with van der Waals surface area (Å²) in [5.74, 6) is 0.699. The molecule has 0 unspecified atom stereocenters. The Kier molecular flexibility index (Phi) is 4.39. The van der Waals surface area contributed by atoms with Crippen molar-refractivity contribution in [2.45, 2.75) is 84.8 Å². The number of carbonyl (C=O) groups excluding carboxylic acids is 1. The minimum absolute atomic E-state index is 0.0569. The standard InChI is InChI=1S/C18H30N4O/c1-11(2)22-14(5)17(13(4)20-22)19-18(23)21-12(3)10-15-8-6-7-9-16(15)21/h11-12,15-16H,6-10H2,1-5H3,(H,19,23)/t12-,15+,16-/m1/s1. The fraction of sp³-hybridized carbons (Fsp3) is 0.778. The summed E-state index contributed by atoms with van der Waals surface area (Å²) in [6, 6.07) is 1.12. The van der Waals surface area contributed by atoms with Crippen LogP contribution in [-0.4, -0.2) is 32.8 Å². The van der Waals surface area contributed by atoms with Crippen LogP contribution < -0.4 is 5.32 Å². The van der Waals surface area contributed by atoms with Crippen molar-refractivity contribution in [2.75, 3.05) is 5.32 Å². The molecule has 0 aromatic carbocycles. The van der Waals surface area contributed by atoms with Crippen LogP contribution in [0.4, 0.5) is 10.5 Å². The lowest BCUT2D eigenvalue weighted by atomic mass is 9.85. The fourth-order valence-electron chi connectivity index (χ4n) is 4.58. The first-order valence-electron chi connectivity index (χ1n) is 9.05. The van der Waals surface area contributed by atoms with Crippen molar-refractivity contribution in [3.05, 3.63) is 11.4 Å². The highest BCUT2D eigenvalue weighted by molar-refractivity contribution is 5.91. The zero-order chi connectivity index (χ0) is 16.7. The largest absolute Gasteiger partial charge is 0.322 e. The van der Waals surface area contributed by atoms with Gasteiger partial charge in [-0.2, -0.15) is 5.10 Å². The summed E-state index contributed by atoms with van der Waals surface area (Å²) < 4.78 is 1.99. The number of amides is 2. The molecular formula is C18H30N4O. The number of aromatic nitrogens is 2. The minimum atomic E-state index is 0.0569. The van der Waals surface area contributed by atoms with Crippen LogP contribution in [0.15, 0.2) is 0 Å². The molecule has 1 aliphatic carbocycles. The maximum atomic E-state index is 12.9. The lowest BCUT2D eigenvalue weighted by Crippen LogP contribution is -2.44. The maximum Gasteiger partial charge on any atom is 0.322 e. The zero-order valence-corrected chi connectivity index (χ0v) is 15.1. The Morgan fingerprint density at radius 1 is 1.26 bits per heavy atom. The van der Waals surface area contributed by atoms with Crippen molar-refractivity contribution in [3.63, 3.8) is 0 Å². The summed E-state index contributed by atoms with van der Waals surface area (Å²) in [6.45, 7) is 10.4. The number of fused-ring (bicyclic) bond motifs is 1. The molecule has 2 heterocycles. The second-order valence-electron chi connectivity index (χ2n) is 7.62. The molecule has 3 rings (SSSR count). The van der Waals surface area contributed by atoms with Crippen LogP contribution in [-0.2, 0) is 0 Å². The highest BCUT2D eigenvalue weighted by Crippen LogP contribution is 2.40. The number of hydrogen-bond donors (Lipinski definition) is 1. The number of hydrogen-bond acceptors (Lipinski definition) is 2. The van der Waals surface area contributed by atoms with E-state index in [1.807, 2.05) is 18.5 Å². The first-order valence-corrected chi connectivity index (χ1v) is 9.05. The van der Waals surface area contributed by atoms with E-state index in [2.05, 4.69) is 36.1 Å². The second kappa shape index (κ2) is 6.17. The average Bonchev–Trinajstić information content (AvgIpc) is 2.97. The van der Waals surface area contributed by atoms with Crippen molar-refractivity contribution in [3.8, 4) is 0 Å². The Balaban J connectivity index is 1.79. The van der Waals surface area contributed by atoms with Crippen LogP contribution in [0.25, 0.3) is 0 Å². The fourth-order valence-corrected chi connectivity index (χ4v) is 4.58. The van der Waals surface area contributed by atoms with Gasteiger partial charge in [-0.25, -0.2) is 4.79 Å². The van der Waals surface area contributed by atoms with Gasteiger partial charge < -0.3 is 10.2 Å². The third-order valence-electron chi connectivity index (χ3n) is 5.63. The highest BCUT2D eigenvalue weighted by atomic mass is 16.2. The molecule has 0 radical (unpaired) electrons. The molecule has 5 heteroatoms. The van der Waals surface area contributed by atoms with Crippen LogP contribution in [0.1, 0.15) is 70.3 Å². The molecule has 128 valence electrons. The summed E-state index contributed by atoms with van der Waals surface area (Å²) in [5.41, 5.74) is 2.82. The molecule has 1 saturated carbocycles. The Bertz CT molecular complexity index is 592. The van der Waals surface area contributed by atoms with Crippen LogP contribution in [0.3, 0.4) is 0 Å². The van der Waals surface area contributed by atoms with Crippen molar-refractivity contribution >= 4 is 11.7 Å². The van der Waals surface area contributed by atoms with Gasteiger partial charge in [-0.05, 0) is 59.8 Å².